The Labute approximate surface area is 725 Å². The summed E-state index contributed by atoms with van der Waals surface area (Å²) in [4.78, 5) is 136. The van der Waals surface area contributed by atoms with E-state index in [1.54, 1.807) is 34.3 Å². The summed E-state index contributed by atoms with van der Waals surface area (Å²) in [6.45, 7) is 22.6. The number of aliphatic carboxylic acids is 1. The van der Waals surface area contributed by atoms with Crippen molar-refractivity contribution in [1.82, 2.24) is 76.3 Å². The number of H-pyrrole nitrogens is 4. The standard InChI is InChI=1S/C46H57N7O9.C38H45N7O6.C7H13NO4/c1-22(2)39(51-45(56)59-7)41(54)30-11-25(19-58-6)12-31(30)42-47-17-32(49-42)26-13-28-20-62-36-16-27(14-29-21-61-35(15-26)37(28)38(29)36)33-18-48-43(50-33)34-10-9-24(5)53(34)44(55)40(23(3)4)52-46(57)60-8;1-19(2)34(44-38(47)49-5)37(46)45-20(3)6-7-29(45)36-41-15-28(43-36)23-10-25-18-50-30-11-22(9-24-17-51-31(12-23)33(25)32(24)30)27-14-40-35(42-27)26-8-21(13-39-26)16-48-4;1-4(2)5(6(9)10)8-7(11)12-3/h13-18,22-25,30-31,34,39-40H,9-12,19-21H2,1-8H3,(H,47,49)(H,48,50)(H,51,56)(H,52,57);9-12,14-15,19-21,26,29,34,39H,6-8,13,16-18H2,1-5H3,(H,40,42)(H,41,43)(H,44,47);4-5H,1-3H3,(H,8,11)(H,9,10)/t24-,25+,30?,31+,34?,39?,40-;20-,21-,26-,29-,34-;5-/m000/s1. The zero-order valence-corrected chi connectivity index (χ0v) is 73.6. The molecule has 13 atom stereocenters. The molecular formula is C91H115N15O19. The number of carboxylic acids is 1. The normalized spacial score (nSPS) is 21.3. The summed E-state index contributed by atoms with van der Waals surface area (Å²) < 4.78 is 55.3. The van der Waals surface area contributed by atoms with Crippen molar-refractivity contribution in [2.45, 2.75) is 201 Å². The van der Waals surface area contributed by atoms with E-state index in [1.807, 2.05) is 95.9 Å². The number of carbonyl (C=O) groups excluding carboxylic acids is 7. The maximum Gasteiger partial charge on any atom is 0.407 e. The second-order valence-corrected chi connectivity index (χ2v) is 35.0. The predicted molar refractivity (Wildman–Crippen MR) is 459 cm³/mol. The second kappa shape index (κ2) is 38.2. The largest absolute Gasteiger partial charge is 0.488 e. The van der Waals surface area contributed by atoms with Gasteiger partial charge in [0.25, 0.3) is 0 Å². The van der Waals surface area contributed by atoms with E-state index < -0.39 is 54.5 Å². The minimum absolute atomic E-state index is 0.00116. The highest BCUT2D eigenvalue weighted by atomic mass is 16.6. The van der Waals surface area contributed by atoms with Crippen LogP contribution in [0, 0.1) is 41.4 Å². The number of benzene rings is 4. The third-order valence-corrected chi connectivity index (χ3v) is 25.2. The third-order valence-electron chi connectivity index (χ3n) is 25.2. The number of aromatic amines is 4. The molecule has 4 aromatic carbocycles. The molecule has 34 heteroatoms. The van der Waals surface area contributed by atoms with Crippen LogP contribution in [0.2, 0.25) is 0 Å². The number of likely N-dealkylation sites (tertiary alicyclic amines) is 2. The van der Waals surface area contributed by atoms with E-state index in [9.17, 15) is 38.4 Å². The lowest BCUT2D eigenvalue weighted by atomic mass is 9.84. The molecule has 668 valence electrons. The Morgan fingerprint density at radius 1 is 0.432 bits per heavy atom. The summed E-state index contributed by atoms with van der Waals surface area (Å²) in [5.74, 6) is 4.38. The molecule has 7 aliphatic heterocycles. The minimum Gasteiger partial charge on any atom is -0.488 e. The van der Waals surface area contributed by atoms with Gasteiger partial charge in [0, 0.05) is 118 Å². The summed E-state index contributed by atoms with van der Waals surface area (Å²) in [5, 5.41) is 22.6. The minimum atomic E-state index is -1.06. The van der Waals surface area contributed by atoms with Gasteiger partial charge < -0.3 is 109 Å². The van der Waals surface area contributed by atoms with Crippen LogP contribution in [0.15, 0.2) is 73.3 Å². The van der Waals surface area contributed by atoms with Crippen molar-refractivity contribution in [2.24, 2.45) is 41.4 Å². The molecule has 4 fully saturated rings. The highest BCUT2D eigenvalue weighted by molar-refractivity contribution is 5.93. The smallest absolute Gasteiger partial charge is 0.407 e. The average Bonchev–Trinajstić information content (AvgIpc) is 1.43. The van der Waals surface area contributed by atoms with Crippen LogP contribution in [0.5, 0.6) is 23.0 Å². The Morgan fingerprint density at radius 2 is 0.768 bits per heavy atom. The highest BCUT2D eigenvalue weighted by Crippen LogP contribution is 2.54. The van der Waals surface area contributed by atoms with Gasteiger partial charge in [-0.2, -0.15) is 0 Å². The van der Waals surface area contributed by atoms with Crippen LogP contribution < -0.4 is 45.5 Å². The third kappa shape index (κ3) is 18.7. The number of hydrogen-bond acceptors (Lipinski definition) is 23. The lowest BCUT2D eigenvalue weighted by molar-refractivity contribution is -0.140. The molecule has 8 aliphatic rings. The van der Waals surface area contributed by atoms with Crippen molar-refractivity contribution in [3.8, 4) is 90.3 Å². The fourth-order valence-electron chi connectivity index (χ4n) is 18.8. The van der Waals surface area contributed by atoms with Gasteiger partial charge in [0.15, 0.2) is 5.78 Å². The topological polar surface area (TPSA) is 430 Å². The molecule has 4 aromatic heterocycles. The summed E-state index contributed by atoms with van der Waals surface area (Å²) in [6.07, 6.45) is 10.2. The van der Waals surface area contributed by atoms with Gasteiger partial charge in [0.1, 0.15) is 90.8 Å². The van der Waals surface area contributed by atoms with Crippen LogP contribution in [0.4, 0.5) is 19.2 Å². The van der Waals surface area contributed by atoms with Gasteiger partial charge in [-0.3, -0.25) is 14.4 Å². The molecule has 10 N–H and O–H groups in total. The van der Waals surface area contributed by atoms with Crippen LogP contribution in [-0.2, 0) is 74.0 Å². The maximum atomic E-state index is 14.1. The Hall–Kier alpha value is -12.0. The SMILES string of the molecule is COC(=O)N[C@H](C(=O)O)C(C)C.COC[C@@H]1CC(C(=O)C(NC(=O)OC)C(C)C)[C@H](c2ncc(-c3cc4c5c(c3)OCc3cc(-c6cnc(C7CC[C@H](C)N7C(=O)[C@@H](NC(=O)OC)C(C)C)[nH]6)cc(c3-5)OC4)[nH]2)C1.COC[C@@H]1CN[C@H](c2ncc(-c3cc4c5c(c3)OCc3cc(-c6cnc([C@@H]7CC[C@H](C)N7C(=O)[C@@H](NC(=O)OC)C(C)C)[nH]6)cc(c3-5)OC4)[nH]2)C1. The molecule has 3 unspecified atom stereocenters. The monoisotopic (exact) mass is 1720 g/mol. The number of methoxy groups -OCH3 is 6. The van der Waals surface area contributed by atoms with E-state index >= 15 is 0 Å². The van der Waals surface area contributed by atoms with Crippen molar-refractivity contribution < 1.29 is 90.8 Å². The first kappa shape index (κ1) is 89.2. The molecule has 0 spiro atoms. The molecule has 3 saturated heterocycles. The zero-order chi connectivity index (χ0) is 89.1. The van der Waals surface area contributed by atoms with E-state index in [4.69, 9.17) is 67.7 Å². The van der Waals surface area contributed by atoms with Gasteiger partial charge >= 0.3 is 30.3 Å². The number of amides is 6. The zero-order valence-electron chi connectivity index (χ0n) is 73.6. The summed E-state index contributed by atoms with van der Waals surface area (Å²) in [5.41, 5.74) is 15.4. The van der Waals surface area contributed by atoms with E-state index in [0.29, 0.717) is 57.0 Å². The molecule has 16 rings (SSSR count). The summed E-state index contributed by atoms with van der Waals surface area (Å²) in [6, 6.07) is 13.3. The fourth-order valence-corrected chi connectivity index (χ4v) is 18.8. The van der Waals surface area contributed by atoms with Crippen molar-refractivity contribution in [1.29, 1.82) is 0 Å². The quantitative estimate of drug-likeness (QED) is 0.0238. The number of carboxylic acid groups (broad SMARTS) is 1. The lowest BCUT2D eigenvalue weighted by Crippen LogP contribution is -2.52. The molecule has 8 aromatic rings. The predicted octanol–water partition coefficient (Wildman–Crippen LogP) is 13.2. The number of Topliss-reactive ketones (excluding diaryl/α,β-unsaturated/α-hetero) is 1. The number of nitrogens with zero attached hydrogens (tertiary/aromatic N) is 6. The van der Waals surface area contributed by atoms with Gasteiger partial charge in [0.05, 0.1) is 107 Å². The molecule has 0 radical (unpaired) electrons. The second-order valence-electron chi connectivity index (χ2n) is 35.0. The van der Waals surface area contributed by atoms with Crippen LogP contribution >= 0.6 is 0 Å². The Balaban J connectivity index is 0.000000182. The molecule has 34 nitrogen and oxygen atoms in total. The number of ketones is 1. The number of hydrogen-bond donors (Lipinski definition) is 10. The molecule has 1 saturated carbocycles. The molecule has 11 heterocycles. The van der Waals surface area contributed by atoms with E-state index in [1.165, 1.54) is 28.4 Å². The van der Waals surface area contributed by atoms with Gasteiger partial charge in [-0.05, 0) is 143 Å². The number of imidazole rings is 4. The Bertz CT molecular complexity index is 5220. The molecule has 6 amide bonds. The van der Waals surface area contributed by atoms with Crippen molar-refractivity contribution >= 4 is 47.9 Å². The number of ether oxygens (including phenoxy) is 10. The van der Waals surface area contributed by atoms with Crippen LogP contribution in [0.3, 0.4) is 0 Å². The molecule has 0 bridgehead atoms. The van der Waals surface area contributed by atoms with Crippen LogP contribution in [0.25, 0.3) is 67.3 Å². The van der Waals surface area contributed by atoms with Gasteiger partial charge in [0.2, 0.25) is 11.8 Å². The first-order chi connectivity index (χ1) is 60.0. The summed E-state index contributed by atoms with van der Waals surface area (Å²) >= 11 is 0. The first-order valence-corrected chi connectivity index (χ1v) is 42.9. The van der Waals surface area contributed by atoms with E-state index in [2.05, 4.69) is 87.7 Å². The Kier molecular flexibility index (Phi) is 27.3. The average molecular weight is 1720 g/mol. The van der Waals surface area contributed by atoms with Gasteiger partial charge in [-0.1, -0.05) is 55.4 Å². The molecule has 125 heavy (non-hydrogen) atoms. The number of rotatable bonds is 25. The van der Waals surface area contributed by atoms with Gasteiger partial charge in [-0.25, -0.2) is 43.9 Å². The first-order valence-electron chi connectivity index (χ1n) is 42.9. The molecule has 1 aliphatic carbocycles. The number of nitrogens with one attached hydrogen (secondary N) is 9. The van der Waals surface area contributed by atoms with Gasteiger partial charge in [-0.15, -0.1) is 0 Å². The van der Waals surface area contributed by atoms with Crippen LogP contribution in [-0.4, -0.2) is 201 Å². The lowest BCUT2D eigenvalue weighted by Gasteiger charge is -2.33. The number of alkyl carbamates (subject to hydrolysis) is 4. The fraction of sp³-hybridized carbons (Fsp3) is 0.516. The molecular weight excluding hydrogens is 1610 g/mol. The van der Waals surface area contributed by atoms with Crippen molar-refractivity contribution in [3.05, 3.63) is 119 Å². The van der Waals surface area contributed by atoms with E-state index in [0.717, 1.165) is 176 Å². The summed E-state index contributed by atoms with van der Waals surface area (Å²) in [7, 11) is 8.49. The highest BCUT2D eigenvalue weighted by Gasteiger charge is 2.47. The number of carbonyl (C=O) groups is 8. The Morgan fingerprint density at radius 3 is 1.13 bits per heavy atom. The van der Waals surface area contributed by atoms with E-state index in [-0.39, 0.29) is 89.2 Å². The maximum absolute atomic E-state index is 14.1. The van der Waals surface area contributed by atoms with Crippen LogP contribution in [0.1, 0.15) is 184 Å². The number of aromatic nitrogens is 8. The van der Waals surface area contributed by atoms with Crippen molar-refractivity contribution in [2.75, 3.05) is 62.4 Å². The van der Waals surface area contributed by atoms with Crippen molar-refractivity contribution in [3.63, 3.8) is 0 Å².